The molecule has 226 valence electrons. The number of imidazole rings is 2. The van der Waals surface area contributed by atoms with E-state index in [1.165, 1.54) is 24.0 Å². The number of piperidine rings is 1. The van der Waals surface area contributed by atoms with E-state index < -0.39 is 12.0 Å². The summed E-state index contributed by atoms with van der Waals surface area (Å²) in [6.45, 7) is 12.7. The Labute approximate surface area is 249 Å². The smallest absolute Gasteiger partial charge is 0.320 e. The van der Waals surface area contributed by atoms with Crippen molar-refractivity contribution in [3.8, 4) is 0 Å². The molecular weight excluding hydrogens is 526 g/mol. The van der Waals surface area contributed by atoms with Gasteiger partial charge in [0.2, 0.25) is 0 Å². The van der Waals surface area contributed by atoms with Crippen molar-refractivity contribution in [3.05, 3.63) is 71.8 Å². The standard InChI is InChI=1S/C33H47N7O2/c1-25(2)18-37-14-9-33(10-15-37)17-29(32(41)42)40(24-33)21-28-5-3-26(4-6-28)19-38(22-30-34-11-12-35-30)23-31-36-13-16-39(31)20-27-7-8-27/h3-6,11-13,16,25,27,29H,7-10,14-15,17-24H2,1-2H3,(H,34,35)(H,41,42). The second kappa shape index (κ2) is 12.7. The van der Waals surface area contributed by atoms with Crippen LogP contribution in [0.2, 0.25) is 0 Å². The highest BCUT2D eigenvalue weighted by atomic mass is 16.4. The molecule has 2 N–H and O–H groups in total. The Kier molecular flexibility index (Phi) is 8.79. The van der Waals surface area contributed by atoms with Crippen molar-refractivity contribution < 1.29 is 9.90 Å². The molecule has 2 aromatic heterocycles. The lowest BCUT2D eigenvalue weighted by atomic mass is 9.76. The fourth-order valence-corrected chi connectivity index (χ4v) is 7.09. The molecular formula is C33H47N7O2. The first-order valence-corrected chi connectivity index (χ1v) is 15.8. The van der Waals surface area contributed by atoms with E-state index in [1.807, 2.05) is 12.4 Å². The molecule has 6 rings (SSSR count). The van der Waals surface area contributed by atoms with Gasteiger partial charge in [-0.3, -0.25) is 14.6 Å². The first-order valence-electron chi connectivity index (χ1n) is 15.8. The Hall–Kier alpha value is -3.01. The van der Waals surface area contributed by atoms with E-state index in [4.69, 9.17) is 0 Å². The molecule has 2 aliphatic heterocycles. The lowest BCUT2D eigenvalue weighted by molar-refractivity contribution is -0.142. The Morgan fingerprint density at radius 3 is 2.50 bits per heavy atom. The van der Waals surface area contributed by atoms with Gasteiger partial charge in [0.25, 0.3) is 0 Å². The van der Waals surface area contributed by atoms with Crippen LogP contribution in [0.25, 0.3) is 0 Å². The number of aromatic amines is 1. The summed E-state index contributed by atoms with van der Waals surface area (Å²) in [5, 5.41) is 10.1. The Morgan fingerprint density at radius 2 is 1.83 bits per heavy atom. The number of nitrogens with one attached hydrogen (secondary N) is 1. The third-order valence-electron chi connectivity index (χ3n) is 9.49. The van der Waals surface area contributed by atoms with Gasteiger partial charge in [-0.05, 0) is 73.6 Å². The van der Waals surface area contributed by atoms with Crippen molar-refractivity contribution in [2.45, 2.75) is 84.7 Å². The molecule has 1 unspecified atom stereocenters. The van der Waals surface area contributed by atoms with E-state index in [9.17, 15) is 9.90 Å². The van der Waals surface area contributed by atoms with Crippen molar-refractivity contribution in [2.24, 2.45) is 17.3 Å². The largest absolute Gasteiger partial charge is 0.480 e. The van der Waals surface area contributed by atoms with Gasteiger partial charge < -0.3 is 19.6 Å². The van der Waals surface area contributed by atoms with Crippen molar-refractivity contribution in [2.75, 3.05) is 26.2 Å². The number of H-pyrrole nitrogens is 1. The number of rotatable bonds is 13. The van der Waals surface area contributed by atoms with Crippen molar-refractivity contribution >= 4 is 5.97 Å². The maximum Gasteiger partial charge on any atom is 0.320 e. The molecule has 0 bridgehead atoms. The molecule has 3 fully saturated rings. The Bertz CT molecular complexity index is 1290. The molecule has 4 heterocycles. The van der Waals surface area contributed by atoms with Gasteiger partial charge in [0.1, 0.15) is 17.7 Å². The minimum absolute atomic E-state index is 0.133. The van der Waals surface area contributed by atoms with Crippen LogP contribution in [0.15, 0.2) is 49.1 Å². The first-order chi connectivity index (χ1) is 20.3. The number of likely N-dealkylation sites (tertiary alicyclic amines) is 2. The average Bonchev–Trinajstić information content (AvgIpc) is 3.28. The van der Waals surface area contributed by atoms with Crippen LogP contribution in [0.5, 0.6) is 0 Å². The van der Waals surface area contributed by atoms with Gasteiger partial charge >= 0.3 is 5.97 Å². The molecule has 3 aromatic rings. The molecule has 0 amide bonds. The molecule has 1 saturated carbocycles. The van der Waals surface area contributed by atoms with Gasteiger partial charge in [-0.15, -0.1) is 0 Å². The average molecular weight is 574 g/mol. The summed E-state index contributed by atoms with van der Waals surface area (Å²) < 4.78 is 2.31. The Balaban J connectivity index is 1.09. The summed E-state index contributed by atoms with van der Waals surface area (Å²) in [7, 11) is 0. The predicted octanol–water partition coefficient (Wildman–Crippen LogP) is 4.62. The zero-order valence-corrected chi connectivity index (χ0v) is 25.3. The van der Waals surface area contributed by atoms with Crippen LogP contribution in [-0.4, -0.2) is 77.5 Å². The zero-order valence-electron chi connectivity index (χ0n) is 25.3. The SMILES string of the molecule is CC(C)CN1CCC2(CC1)CC(C(=O)O)N(Cc1ccc(CN(Cc3ncc[nH]3)Cc3nccn3CC3CC3)cc1)C2. The van der Waals surface area contributed by atoms with Gasteiger partial charge in [0.05, 0.1) is 13.1 Å². The normalized spacial score (nSPS) is 21.2. The summed E-state index contributed by atoms with van der Waals surface area (Å²) >= 11 is 0. The highest BCUT2D eigenvalue weighted by Gasteiger charge is 2.48. The fourth-order valence-electron chi connectivity index (χ4n) is 7.09. The van der Waals surface area contributed by atoms with Crippen molar-refractivity contribution in [1.82, 2.24) is 34.2 Å². The first kappa shape index (κ1) is 29.1. The number of nitrogens with zero attached hydrogens (tertiary/aromatic N) is 6. The van der Waals surface area contributed by atoms with E-state index in [0.717, 1.165) is 89.2 Å². The minimum Gasteiger partial charge on any atom is -0.480 e. The molecule has 0 radical (unpaired) electrons. The number of carbonyl (C=O) groups is 1. The number of hydrogen-bond donors (Lipinski definition) is 2. The van der Waals surface area contributed by atoms with Gasteiger partial charge in [0.15, 0.2) is 0 Å². The number of carboxylic acid groups (broad SMARTS) is 1. The second-order valence-electron chi connectivity index (χ2n) is 13.6. The lowest BCUT2D eigenvalue weighted by Crippen LogP contribution is -2.42. The summed E-state index contributed by atoms with van der Waals surface area (Å²) in [6, 6.07) is 8.37. The molecule has 1 spiro atoms. The number of carboxylic acids is 1. The van der Waals surface area contributed by atoms with Gasteiger partial charge in [-0.25, -0.2) is 9.97 Å². The highest BCUT2D eigenvalue weighted by Crippen LogP contribution is 2.44. The van der Waals surface area contributed by atoms with Crippen LogP contribution in [0.4, 0.5) is 0 Å². The van der Waals surface area contributed by atoms with Crippen molar-refractivity contribution in [1.29, 1.82) is 0 Å². The van der Waals surface area contributed by atoms with Crippen LogP contribution >= 0.6 is 0 Å². The number of hydrogen-bond acceptors (Lipinski definition) is 6. The van der Waals surface area contributed by atoms with Gasteiger partial charge in [-0.1, -0.05) is 38.1 Å². The quantitative estimate of drug-likeness (QED) is 0.308. The van der Waals surface area contributed by atoms with Crippen molar-refractivity contribution in [3.63, 3.8) is 0 Å². The highest BCUT2D eigenvalue weighted by molar-refractivity contribution is 5.74. The molecule has 1 aliphatic carbocycles. The number of aromatic nitrogens is 4. The molecule has 42 heavy (non-hydrogen) atoms. The predicted molar refractivity (Wildman–Crippen MR) is 162 cm³/mol. The molecule has 3 aliphatic rings. The van der Waals surface area contributed by atoms with Crippen LogP contribution < -0.4 is 0 Å². The third kappa shape index (κ3) is 7.30. The monoisotopic (exact) mass is 573 g/mol. The maximum atomic E-state index is 12.3. The molecule has 1 aromatic carbocycles. The third-order valence-corrected chi connectivity index (χ3v) is 9.49. The summed E-state index contributed by atoms with van der Waals surface area (Å²) in [4.78, 5) is 31.9. The molecule has 9 heteroatoms. The number of aliphatic carboxylic acids is 1. The van der Waals surface area contributed by atoms with Crippen LogP contribution in [0, 0.1) is 17.3 Å². The van der Waals surface area contributed by atoms with Crippen LogP contribution in [-0.2, 0) is 37.5 Å². The molecule has 1 atom stereocenters. The van der Waals surface area contributed by atoms with E-state index in [-0.39, 0.29) is 5.41 Å². The van der Waals surface area contributed by atoms with Crippen LogP contribution in [0.1, 0.15) is 68.7 Å². The summed E-state index contributed by atoms with van der Waals surface area (Å²) in [5.74, 6) is 2.84. The lowest BCUT2D eigenvalue weighted by Gasteiger charge is -2.40. The molecule has 9 nitrogen and oxygen atoms in total. The second-order valence-corrected chi connectivity index (χ2v) is 13.6. The van der Waals surface area contributed by atoms with E-state index in [2.05, 4.69) is 78.5 Å². The maximum absolute atomic E-state index is 12.3. The van der Waals surface area contributed by atoms with Crippen LogP contribution in [0.3, 0.4) is 0 Å². The zero-order chi connectivity index (χ0) is 29.1. The minimum atomic E-state index is -0.679. The van der Waals surface area contributed by atoms with E-state index in [0.29, 0.717) is 12.5 Å². The number of benzene rings is 1. The van der Waals surface area contributed by atoms with E-state index in [1.54, 1.807) is 6.20 Å². The summed E-state index contributed by atoms with van der Waals surface area (Å²) in [6.07, 6.45) is 13.3. The molecule has 2 saturated heterocycles. The van der Waals surface area contributed by atoms with Gasteiger partial charge in [-0.2, -0.15) is 0 Å². The fraction of sp³-hybridized carbons (Fsp3) is 0.606. The van der Waals surface area contributed by atoms with E-state index >= 15 is 0 Å². The topological polar surface area (TPSA) is 93.5 Å². The van der Waals surface area contributed by atoms with Gasteiger partial charge in [0, 0.05) is 57.5 Å². The Morgan fingerprint density at radius 1 is 1.07 bits per heavy atom. The summed E-state index contributed by atoms with van der Waals surface area (Å²) in [5.41, 5.74) is 2.54.